The van der Waals surface area contributed by atoms with E-state index in [2.05, 4.69) is 10.3 Å². The van der Waals surface area contributed by atoms with Crippen LogP contribution >= 0.6 is 0 Å². The molecule has 0 aliphatic rings. The molecule has 0 saturated heterocycles. The third-order valence-electron chi connectivity index (χ3n) is 4.66. The first-order valence-electron chi connectivity index (χ1n) is 9.45. The Labute approximate surface area is 165 Å². The minimum atomic E-state index is -0.100. The molecule has 0 aliphatic heterocycles. The number of benzene rings is 2. The minimum absolute atomic E-state index is 0.0107. The van der Waals surface area contributed by atoms with E-state index in [1.54, 1.807) is 11.9 Å². The van der Waals surface area contributed by atoms with Crippen LogP contribution in [0.3, 0.4) is 0 Å². The number of aromatic nitrogens is 2. The van der Waals surface area contributed by atoms with Crippen LogP contribution in [0.25, 0.3) is 11.0 Å². The van der Waals surface area contributed by atoms with Gasteiger partial charge in [-0.25, -0.2) is 4.98 Å². The number of amides is 2. The molecular weight excluding hydrogens is 352 g/mol. The zero-order chi connectivity index (χ0) is 20.1. The summed E-state index contributed by atoms with van der Waals surface area (Å²) in [6.07, 6.45) is 0. The Morgan fingerprint density at radius 3 is 2.46 bits per heavy atom. The molecule has 2 amide bonds. The van der Waals surface area contributed by atoms with Crippen LogP contribution in [0.15, 0.2) is 54.6 Å². The molecule has 146 valence electrons. The average Bonchev–Trinajstić information content (AvgIpc) is 3.04. The summed E-state index contributed by atoms with van der Waals surface area (Å²) in [4.78, 5) is 31.1. The molecule has 3 rings (SSSR count). The van der Waals surface area contributed by atoms with Gasteiger partial charge in [0.2, 0.25) is 11.8 Å². The fourth-order valence-electron chi connectivity index (χ4n) is 3.01. The predicted molar refractivity (Wildman–Crippen MR) is 109 cm³/mol. The smallest absolute Gasteiger partial charge is 0.242 e. The van der Waals surface area contributed by atoms with Gasteiger partial charge in [-0.05, 0) is 17.7 Å². The highest BCUT2D eigenvalue weighted by Gasteiger charge is 2.17. The standard InChI is InChI=1S/C22H26N4O2/c1-16(2)22(28)23-13-20-24-18-11-7-8-12-19(18)26(20)15-21(27)25(3)14-17-9-5-4-6-10-17/h4-12,16H,13-15H2,1-3H3,(H,23,28). The summed E-state index contributed by atoms with van der Waals surface area (Å²) in [6, 6.07) is 17.6. The van der Waals surface area contributed by atoms with Crippen molar-refractivity contribution in [2.24, 2.45) is 5.92 Å². The lowest BCUT2D eigenvalue weighted by Crippen LogP contribution is -2.32. The highest BCUT2D eigenvalue weighted by atomic mass is 16.2. The van der Waals surface area contributed by atoms with Crippen LogP contribution < -0.4 is 5.32 Å². The van der Waals surface area contributed by atoms with E-state index in [1.807, 2.05) is 73.0 Å². The van der Waals surface area contributed by atoms with Crippen LogP contribution in [0.5, 0.6) is 0 Å². The number of para-hydroxylation sites is 2. The van der Waals surface area contributed by atoms with Crippen molar-refractivity contribution in [3.63, 3.8) is 0 Å². The first kappa shape index (κ1) is 19.6. The summed E-state index contributed by atoms with van der Waals surface area (Å²) in [5, 5.41) is 2.89. The monoisotopic (exact) mass is 378 g/mol. The van der Waals surface area contributed by atoms with Crippen LogP contribution in [0.1, 0.15) is 25.2 Å². The molecule has 1 aromatic heterocycles. The quantitative estimate of drug-likeness (QED) is 0.687. The maximum atomic E-state index is 12.8. The van der Waals surface area contributed by atoms with Gasteiger partial charge in [-0.1, -0.05) is 56.3 Å². The highest BCUT2D eigenvalue weighted by Crippen LogP contribution is 2.17. The number of hydrogen-bond donors (Lipinski definition) is 1. The van der Waals surface area contributed by atoms with Gasteiger partial charge in [0.1, 0.15) is 12.4 Å². The number of hydrogen-bond acceptors (Lipinski definition) is 3. The molecular formula is C22H26N4O2. The van der Waals surface area contributed by atoms with E-state index in [1.165, 1.54) is 0 Å². The number of carbonyl (C=O) groups is 2. The molecule has 0 bridgehead atoms. The topological polar surface area (TPSA) is 67.2 Å². The van der Waals surface area contributed by atoms with Crippen molar-refractivity contribution >= 4 is 22.8 Å². The molecule has 6 nitrogen and oxygen atoms in total. The summed E-state index contributed by atoms with van der Waals surface area (Å²) >= 11 is 0. The first-order chi connectivity index (χ1) is 13.5. The largest absolute Gasteiger partial charge is 0.349 e. The normalized spacial score (nSPS) is 11.0. The minimum Gasteiger partial charge on any atom is -0.349 e. The molecule has 0 aliphatic carbocycles. The van der Waals surface area contributed by atoms with E-state index in [4.69, 9.17) is 0 Å². The number of fused-ring (bicyclic) bond motifs is 1. The van der Waals surface area contributed by atoms with E-state index in [-0.39, 0.29) is 24.3 Å². The van der Waals surface area contributed by atoms with Gasteiger partial charge in [0.05, 0.1) is 17.6 Å². The zero-order valence-corrected chi connectivity index (χ0v) is 16.6. The van der Waals surface area contributed by atoms with Crippen LogP contribution in [0.2, 0.25) is 0 Å². The summed E-state index contributed by atoms with van der Waals surface area (Å²) in [6.45, 7) is 4.71. The second kappa shape index (κ2) is 8.69. The summed E-state index contributed by atoms with van der Waals surface area (Å²) in [5.74, 6) is 0.530. The lowest BCUT2D eigenvalue weighted by atomic mass is 10.2. The van der Waals surface area contributed by atoms with Gasteiger partial charge in [0, 0.05) is 19.5 Å². The van der Waals surface area contributed by atoms with Gasteiger partial charge < -0.3 is 14.8 Å². The Balaban J connectivity index is 1.79. The van der Waals surface area contributed by atoms with Crippen molar-refractivity contribution in [2.75, 3.05) is 7.05 Å². The van der Waals surface area contributed by atoms with Crippen LogP contribution in [-0.4, -0.2) is 33.3 Å². The van der Waals surface area contributed by atoms with Gasteiger partial charge in [0.25, 0.3) is 0 Å². The van der Waals surface area contributed by atoms with Gasteiger partial charge in [-0.15, -0.1) is 0 Å². The lowest BCUT2D eigenvalue weighted by molar-refractivity contribution is -0.131. The Bertz CT molecular complexity index is 963. The second-order valence-electron chi connectivity index (χ2n) is 7.21. The Morgan fingerprint density at radius 1 is 1.07 bits per heavy atom. The van der Waals surface area contributed by atoms with E-state index in [9.17, 15) is 9.59 Å². The number of nitrogens with zero attached hydrogens (tertiary/aromatic N) is 3. The average molecular weight is 378 g/mol. The molecule has 0 spiro atoms. The molecule has 0 saturated carbocycles. The molecule has 0 fully saturated rings. The zero-order valence-electron chi connectivity index (χ0n) is 16.6. The molecule has 2 aromatic carbocycles. The molecule has 0 unspecified atom stereocenters. The van der Waals surface area contributed by atoms with Gasteiger partial charge >= 0.3 is 0 Å². The third-order valence-corrected chi connectivity index (χ3v) is 4.66. The predicted octanol–water partition coefficient (Wildman–Crippen LogP) is 2.97. The molecule has 3 aromatic rings. The Kier molecular flexibility index (Phi) is 6.09. The van der Waals surface area contributed by atoms with Crippen LogP contribution in [0.4, 0.5) is 0 Å². The fraction of sp³-hybridized carbons (Fsp3) is 0.318. The van der Waals surface area contributed by atoms with Crippen LogP contribution in [-0.2, 0) is 29.2 Å². The van der Waals surface area contributed by atoms with Gasteiger partial charge in [-0.2, -0.15) is 0 Å². The van der Waals surface area contributed by atoms with E-state index in [0.717, 1.165) is 16.6 Å². The number of imidazole rings is 1. The SMILES string of the molecule is CC(C)C(=O)NCc1nc2ccccc2n1CC(=O)N(C)Cc1ccccc1. The van der Waals surface area contributed by atoms with E-state index < -0.39 is 0 Å². The number of likely N-dealkylation sites (N-methyl/N-ethyl adjacent to an activating group) is 1. The number of rotatable bonds is 7. The van der Waals surface area contributed by atoms with Crippen molar-refractivity contribution < 1.29 is 9.59 Å². The maximum Gasteiger partial charge on any atom is 0.242 e. The van der Waals surface area contributed by atoms with Crippen LogP contribution in [0, 0.1) is 5.92 Å². The first-order valence-corrected chi connectivity index (χ1v) is 9.45. The van der Waals surface area contributed by atoms with Crippen molar-refractivity contribution in [1.29, 1.82) is 0 Å². The van der Waals surface area contributed by atoms with Crippen molar-refractivity contribution in [3.8, 4) is 0 Å². The number of nitrogens with one attached hydrogen (secondary N) is 1. The molecule has 28 heavy (non-hydrogen) atoms. The molecule has 0 atom stereocenters. The maximum absolute atomic E-state index is 12.8. The van der Waals surface area contributed by atoms with Crippen molar-refractivity contribution in [2.45, 2.75) is 33.5 Å². The summed E-state index contributed by atoms with van der Waals surface area (Å²) < 4.78 is 1.89. The molecule has 1 heterocycles. The van der Waals surface area contributed by atoms with Gasteiger partial charge in [-0.3, -0.25) is 9.59 Å². The second-order valence-corrected chi connectivity index (χ2v) is 7.21. The molecule has 6 heteroatoms. The Hall–Kier alpha value is -3.15. The fourth-order valence-corrected chi connectivity index (χ4v) is 3.01. The van der Waals surface area contributed by atoms with Crippen molar-refractivity contribution in [1.82, 2.24) is 19.8 Å². The molecule has 0 radical (unpaired) electrons. The van der Waals surface area contributed by atoms with Gasteiger partial charge in [0.15, 0.2) is 0 Å². The highest BCUT2D eigenvalue weighted by molar-refractivity contribution is 5.81. The molecule has 1 N–H and O–H groups in total. The summed E-state index contributed by atoms with van der Waals surface area (Å²) in [5.41, 5.74) is 2.78. The number of carbonyl (C=O) groups excluding carboxylic acids is 2. The van der Waals surface area contributed by atoms with E-state index in [0.29, 0.717) is 18.9 Å². The third kappa shape index (κ3) is 4.57. The van der Waals surface area contributed by atoms with Crippen molar-refractivity contribution in [3.05, 3.63) is 66.0 Å². The van der Waals surface area contributed by atoms with E-state index >= 15 is 0 Å². The lowest BCUT2D eigenvalue weighted by Gasteiger charge is -2.19. The Morgan fingerprint density at radius 2 is 1.75 bits per heavy atom. The summed E-state index contributed by atoms with van der Waals surface area (Å²) in [7, 11) is 1.80.